The van der Waals surface area contributed by atoms with Crippen LogP contribution in [0.15, 0.2) is 22.7 Å². The largest absolute Gasteiger partial charge is 0.416 e. The molecule has 0 spiro atoms. The molecule has 0 fully saturated rings. The molecule has 2 aromatic rings. The maximum Gasteiger partial charge on any atom is 0.416 e. The topological polar surface area (TPSA) is 94.0 Å². The molecule has 0 saturated heterocycles. The van der Waals surface area contributed by atoms with Crippen LogP contribution in [0.25, 0.3) is 11.5 Å². The van der Waals surface area contributed by atoms with E-state index in [9.17, 15) is 18.0 Å². The van der Waals surface area contributed by atoms with E-state index in [4.69, 9.17) is 10.3 Å². The Bertz CT molecular complexity index is 651. The molecule has 0 aliphatic carbocycles. The van der Waals surface area contributed by atoms with Gasteiger partial charge >= 0.3 is 6.18 Å². The van der Waals surface area contributed by atoms with Crippen LogP contribution in [0.5, 0.6) is 0 Å². The summed E-state index contributed by atoms with van der Waals surface area (Å²) in [6.07, 6.45) is -4.55. The number of nitrogens with one attached hydrogen (secondary N) is 1. The quantitative estimate of drug-likeness (QED) is 0.819. The molecule has 0 aliphatic heterocycles. The SMILES string of the molecule is CNC(=O)c1noc(-c2cc(N)cc(C(F)(F)F)c2)n1. The molecule has 0 unspecified atom stereocenters. The number of rotatable bonds is 2. The number of aromatic nitrogens is 2. The minimum Gasteiger partial charge on any atom is -0.399 e. The van der Waals surface area contributed by atoms with Gasteiger partial charge in [-0.2, -0.15) is 18.2 Å². The molecule has 6 nitrogen and oxygen atoms in total. The second-order valence-electron chi connectivity index (χ2n) is 3.84. The zero-order valence-electron chi connectivity index (χ0n) is 10.2. The number of hydrogen-bond donors (Lipinski definition) is 2. The monoisotopic (exact) mass is 286 g/mol. The standard InChI is InChI=1S/C11H9F3N4O2/c1-16-9(19)8-17-10(20-18-8)5-2-6(11(12,13)14)4-7(15)3-5/h2-4H,15H2,1H3,(H,16,19). The number of carbonyl (C=O) groups is 1. The molecule has 9 heteroatoms. The Morgan fingerprint density at radius 3 is 2.65 bits per heavy atom. The highest BCUT2D eigenvalue weighted by molar-refractivity contribution is 5.90. The molecule has 1 aromatic carbocycles. The molecule has 1 heterocycles. The summed E-state index contributed by atoms with van der Waals surface area (Å²) in [6, 6.07) is 2.85. The van der Waals surface area contributed by atoms with Gasteiger partial charge in [0.15, 0.2) is 0 Å². The Hall–Kier alpha value is -2.58. The summed E-state index contributed by atoms with van der Waals surface area (Å²) in [4.78, 5) is 15.0. The fraction of sp³-hybridized carbons (Fsp3) is 0.182. The Morgan fingerprint density at radius 1 is 1.35 bits per heavy atom. The van der Waals surface area contributed by atoms with Crippen LogP contribution in [0.3, 0.4) is 0 Å². The van der Waals surface area contributed by atoms with Crippen molar-refractivity contribution in [2.45, 2.75) is 6.18 Å². The average Bonchev–Trinajstić information content (AvgIpc) is 2.85. The van der Waals surface area contributed by atoms with Gasteiger partial charge in [-0.1, -0.05) is 5.16 Å². The molecule has 106 valence electrons. The highest BCUT2D eigenvalue weighted by Crippen LogP contribution is 2.33. The maximum absolute atomic E-state index is 12.7. The van der Waals surface area contributed by atoms with Gasteiger partial charge in [-0.3, -0.25) is 4.79 Å². The van der Waals surface area contributed by atoms with E-state index >= 15 is 0 Å². The smallest absolute Gasteiger partial charge is 0.399 e. The molecule has 20 heavy (non-hydrogen) atoms. The lowest BCUT2D eigenvalue weighted by Crippen LogP contribution is -2.19. The molecule has 0 atom stereocenters. The van der Waals surface area contributed by atoms with Crippen molar-refractivity contribution in [3.05, 3.63) is 29.6 Å². The molecule has 0 radical (unpaired) electrons. The lowest BCUT2D eigenvalue weighted by molar-refractivity contribution is -0.137. The number of halogens is 3. The first kappa shape index (κ1) is 13.8. The Morgan fingerprint density at radius 2 is 2.05 bits per heavy atom. The van der Waals surface area contributed by atoms with Gasteiger partial charge in [0.05, 0.1) is 5.56 Å². The van der Waals surface area contributed by atoms with Crippen molar-refractivity contribution < 1.29 is 22.5 Å². The van der Waals surface area contributed by atoms with E-state index in [2.05, 4.69) is 15.5 Å². The third-order valence-electron chi connectivity index (χ3n) is 2.39. The molecule has 1 aromatic heterocycles. The number of carbonyl (C=O) groups excluding carboxylic acids is 1. The minimum atomic E-state index is -4.55. The molecule has 1 amide bonds. The minimum absolute atomic E-state index is 0.0139. The van der Waals surface area contributed by atoms with Crippen molar-refractivity contribution in [3.8, 4) is 11.5 Å². The molecular formula is C11H9F3N4O2. The zero-order valence-corrected chi connectivity index (χ0v) is 10.2. The molecule has 0 aliphatic rings. The van der Waals surface area contributed by atoms with Crippen LogP contribution in [0.4, 0.5) is 18.9 Å². The van der Waals surface area contributed by atoms with Gasteiger partial charge in [0, 0.05) is 18.3 Å². The summed E-state index contributed by atoms with van der Waals surface area (Å²) in [5.41, 5.74) is 4.36. The molecule has 0 bridgehead atoms. The van der Waals surface area contributed by atoms with E-state index in [1.165, 1.54) is 13.1 Å². The summed E-state index contributed by atoms with van der Waals surface area (Å²) in [7, 11) is 1.36. The maximum atomic E-state index is 12.7. The van der Waals surface area contributed by atoms with E-state index in [-0.39, 0.29) is 23.0 Å². The first-order valence-corrected chi connectivity index (χ1v) is 5.35. The van der Waals surface area contributed by atoms with E-state index < -0.39 is 17.6 Å². The van der Waals surface area contributed by atoms with Crippen molar-refractivity contribution in [2.24, 2.45) is 0 Å². The second-order valence-corrected chi connectivity index (χ2v) is 3.84. The number of alkyl halides is 3. The summed E-state index contributed by atoms with van der Waals surface area (Å²) in [6.45, 7) is 0. The van der Waals surface area contributed by atoms with Crippen molar-refractivity contribution >= 4 is 11.6 Å². The highest BCUT2D eigenvalue weighted by atomic mass is 19.4. The van der Waals surface area contributed by atoms with Gasteiger partial charge in [0.1, 0.15) is 0 Å². The number of hydrogen-bond acceptors (Lipinski definition) is 5. The number of nitrogens with two attached hydrogens (primary N) is 1. The zero-order chi connectivity index (χ0) is 14.9. The predicted octanol–water partition coefficient (Wildman–Crippen LogP) is 1.70. The van der Waals surface area contributed by atoms with Crippen LogP contribution in [0.1, 0.15) is 16.2 Å². The third-order valence-corrected chi connectivity index (χ3v) is 2.39. The number of nitrogens with zero attached hydrogens (tertiary/aromatic N) is 2. The van der Waals surface area contributed by atoms with Gasteiger partial charge < -0.3 is 15.6 Å². The summed E-state index contributed by atoms with van der Waals surface area (Å²) >= 11 is 0. The number of amides is 1. The number of nitrogen functional groups attached to an aromatic ring is 1. The fourth-order valence-electron chi connectivity index (χ4n) is 1.48. The Balaban J connectivity index is 2.45. The first-order valence-electron chi connectivity index (χ1n) is 5.35. The van der Waals surface area contributed by atoms with E-state index in [1.54, 1.807) is 0 Å². The van der Waals surface area contributed by atoms with E-state index in [0.717, 1.165) is 12.1 Å². The lowest BCUT2D eigenvalue weighted by atomic mass is 10.1. The van der Waals surface area contributed by atoms with Crippen LogP contribution >= 0.6 is 0 Å². The first-order chi connectivity index (χ1) is 9.31. The van der Waals surface area contributed by atoms with Crippen molar-refractivity contribution in [1.29, 1.82) is 0 Å². The van der Waals surface area contributed by atoms with Crippen LogP contribution < -0.4 is 11.1 Å². The molecule has 2 rings (SSSR count). The Labute approximate surface area is 110 Å². The molecule has 0 saturated carbocycles. The van der Waals surface area contributed by atoms with Crippen LogP contribution in [0.2, 0.25) is 0 Å². The Kier molecular flexibility index (Phi) is 3.35. The lowest BCUT2D eigenvalue weighted by Gasteiger charge is -2.08. The summed E-state index contributed by atoms with van der Waals surface area (Å²) < 4.78 is 42.7. The van der Waals surface area contributed by atoms with Crippen molar-refractivity contribution in [1.82, 2.24) is 15.5 Å². The normalized spacial score (nSPS) is 11.4. The van der Waals surface area contributed by atoms with Crippen molar-refractivity contribution in [2.75, 3.05) is 12.8 Å². The summed E-state index contributed by atoms with van der Waals surface area (Å²) in [5.74, 6) is -1.11. The second kappa shape index (κ2) is 4.83. The van der Waals surface area contributed by atoms with E-state index in [0.29, 0.717) is 0 Å². The van der Waals surface area contributed by atoms with Gasteiger partial charge in [0.25, 0.3) is 17.6 Å². The van der Waals surface area contributed by atoms with Crippen LogP contribution in [-0.2, 0) is 6.18 Å². The van der Waals surface area contributed by atoms with Crippen LogP contribution in [-0.4, -0.2) is 23.1 Å². The van der Waals surface area contributed by atoms with E-state index in [1.807, 2.05) is 0 Å². The van der Waals surface area contributed by atoms with Gasteiger partial charge in [0.2, 0.25) is 0 Å². The fourth-order valence-corrected chi connectivity index (χ4v) is 1.48. The van der Waals surface area contributed by atoms with Gasteiger partial charge in [-0.05, 0) is 18.2 Å². The van der Waals surface area contributed by atoms with Crippen molar-refractivity contribution in [3.63, 3.8) is 0 Å². The third kappa shape index (κ3) is 2.71. The molecule has 3 N–H and O–H groups in total. The predicted molar refractivity (Wildman–Crippen MR) is 62.5 cm³/mol. The average molecular weight is 286 g/mol. The molecular weight excluding hydrogens is 277 g/mol. The number of anilines is 1. The number of benzene rings is 1. The highest BCUT2D eigenvalue weighted by Gasteiger charge is 2.31. The van der Waals surface area contributed by atoms with Crippen LogP contribution in [0, 0.1) is 0 Å². The summed E-state index contributed by atoms with van der Waals surface area (Å²) in [5, 5.41) is 5.63. The van der Waals surface area contributed by atoms with Gasteiger partial charge in [-0.15, -0.1) is 0 Å². The van der Waals surface area contributed by atoms with Gasteiger partial charge in [-0.25, -0.2) is 0 Å².